The van der Waals surface area contributed by atoms with Gasteiger partial charge in [-0.15, -0.1) is 0 Å². The zero-order valence-electron chi connectivity index (χ0n) is 11.9. The van der Waals surface area contributed by atoms with Crippen molar-refractivity contribution < 1.29 is 14.7 Å². The molecular weight excluding hydrogens is 230 g/mol. The van der Waals surface area contributed by atoms with E-state index in [9.17, 15) is 14.7 Å². The van der Waals surface area contributed by atoms with Gasteiger partial charge in [0.1, 0.15) is 0 Å². The van der Waals surface area contributed by atoms with Crippen LogP contribution in [0.3, 0.4) is 0 Å². The molecule has 0 aromatic carbocycles. The Hall–Kier alpha value is -1.06. The first-order valence-corrected chi connectivity index (χ1v) is 6.85. The zero-order valence-corrected chi connectivity index (χ0v) is 11.9. The van der Waals surface area contributed by atoms with Crippen LogP contribution in [0.1, 0.15) is 53.4 Å². The Morgan fingerprint density at radius 3 is 2.50 bits per heavy atom. The summed E-state index contributed by atoms with van der Waals surface area (Å²) in [5.41, 5.74) is -0.960. The molecule has 1 aliphatic rings. The maximum atomic E-state index is 12.3. The molecule has 1 saturated heterocycles. The predicted molar refractivity (Wildman–Crippen MR) is 70.2 cm³/mol. The molecule has 18 heavy (non-hydrogen) atoms. The van der Waals surface area contributed by atoms with Crippen LogP contribution < -0.4 is 0 Å². The highest BCUT2D eigenvalue weighted by molar-refractivity contribution is 5.85. The fourth-order valence-corrected chi connectivity index (χ4v) is 2.53. The minimum atomic E-state index is -0.960. The quantitative estimate of drug-likeness (QED) is 0.821. The molecule has 4 nitrogen and oxygen atoms in total. The van der Waals surface area contributed by atoms with Crippen LogP contribution in [0.15, 0.2) is 0 Å². The molecule has 0 aromatic heterocycles. The van der Waals surface area contributed by atoms with Crippen LogP contribution in [0.4, 0.5) is 0 Å². The van der Waals surface area contributed by atoms with E-state index < -0.39 is 11.4 Å². The van der Waals surface area contributed by atoms with Crippen molar-refractivity contribution in [1.82, 2.24) is 4.90 Å². The average Bonchev–Trinajstić information content (AvgIpc) is 2.76. The highest BCUT2D eigenvalue weighted by Crippen LogP contribution is 2.33. The van der Waals surface area contributed by atoms with Gasteiger partial charge in [0.25, 0.3) is 0 Å². The molecule has 0 spiro atoms. The van der Waals surface area contributed by atoms with Crippen molar-refractivity contribution in [1.29, 1.82) is 0 Å². The number of hydrogen-bond acceptors (Lipinski definition) is 2. The van der Waals surface area contributed by atoms with Gasteiger partial charge in [0, 0.05) is 19.0 Å². The molecule has 1 aliphatic heterocycles. The van der Waals surface area contributed by atoms with Gasteiger partial charge in [-0.05, 0) is 32.1 Å². The minimum Gasteiger partial charge on any atom is -0.481 e. The number of amides is 1. The molecule has 2 unspecified atom stereocenters. The van der Waals surface area contributed by atoms with E-state index in [0.717, 1.165) is 25.8 Å². The number of hydrogen-bond donors (Lipinski definition) is 1. The number of likely N-dealkylation sites (tertiary alicyclic amines) is 1. The topological polar surface area (TPSA) is 57.6 Å². The van der Waals surface area contributed by atoms with Gasteiger partial charge in [-0.3, -0.25) is 9.59 Å². The number of carboxylic acids is 1. The summed E-state index contributed by atoms with van der Waals surface area (Å²) >= 11 is 0. The summed E-state index contributed by atoms with van der Waals surface area (Å²) in [5, 5.41) is 9.35. The smallest absolute Gasteiger partial charge is 0.310 e. The Morgan fingerprint density at radius 2 is 2.06 bits per heavy atom. The summed E-state index contributed by atoms with van der Waals surface area (Å²) in [5.74, 6) is -0.933. The molecule has 0 saturated carbocycles. The highest BCUT2D eigenvalue weighted by Gasteiger charge is 2.41. The van der Waals surface area contributed by atoms with Crippen LogP contribution >= 0.6 is 0 Å². The molecule has 0 bridgehead atoms. The normalized spacial score (nSPS) is 23.2. The first-order valence-electron chi connectivity index (χ1n) is 6.85. The van der Waals surface area contributed by atoms with Crippen molar-refractivity contribution in [2.24, 2.45) is 11.3 Å². The third-order valence-electron chi connectivity index (χ3n) is 4.45. The lowest BCUT2D eigenvalue weighted by molar-refractivity contribution is -0.155. The van der Waals surface area contributed by atoms with Crippen LogP contribution in [0, 0.1) is 11.3 Å². The Labute approximate surface area is 109 Å². The molecule has 0 aromatic rings. The van der Waals surface area contributed by atoms with Crippen LogP contribution in [0.5, 0.6) is 0 Å². The van der Waals surface area contributed by atoms with E-state index in [4.69, 9.17) is 0 Å². The van der Waals surface area contributed by atoms with Crippen molar-refractivity contribution in [2.45, 2.75) is 59.4 Å². The van der Waals surface area contributed by atoms with E-state index in [1.807, 2.05) is 18.7 Å². The van der Waals surface area contributed by atoms with Gasteiger partial charge in [-0.25, -0.2) is 0 Å². The van der Waals surface area contributed by atoms with Crippen molar-refractivity contribution in [2.75, 3.05) is 6.54 Å². The Balaban J connectivity index is 2.76. The maximum Gasteiger partial charge on any atom is 0.310 e. The van der Waals surface area contributed by atoms with Crippen LogP contribution in [-0.2, 0) is 9.59 Å². The lowest BCUT2D eigenvalue weighted by Crippen LogP contribution is -2.42. The number of carbonyl (C=O) groups excluding carboxylic acids is 1. The minimum absolute atomic E-state index is 0.00190. The highest BCUT2D eigenvalue weighted by atomic mass is 16.4. The molecule has 104 valence electrons. The second-order valence-corrected chi connectivity index (χ2v) is 5.85. The number of rotatable bonds is 5. The summed E-state index contributed by atoms with van der Waals surface area (Å²) in [7, 11) is 0. The summed E-state index contributed by atoms with van der Waals surface area (Å²) in [6.45, 7) is 8.26. The Bertz CT molecular complexity index is 327. The number of aliphatic carboxylic acids is 1. The van der Waals surface area contributed by atoms with Crippen LogP contribution in [0.25, 0.3) is 0 Å². The lowest BCUT2D eigenvalue weighted by atomic mass is 9.76. The van der Waals surface area contributed by atoms with E-state index in [1.165, 1.54) is 0 Å². The standard InChI is InChI=1S/C14H25NO3/c1-5-11-7-6-8-15(11)12(16)9-14(4,10(2)3)13(17)18/h10-11H,5-9H2,1-4H3,(H,17,18). The van der Waals surface area contributed by atoms with E-state index in [-0.39, 0.29) is 18.2 Å². The van der Waals surface area contributed by atoms with Gasteiger partial charge in [0.2, 0.25) is 5.91 Å². The Morgan fingerprint density at radius 1 is 1.44 bits per heavy atom. The van der Waals surface area contributed by atoms with Gasteiger partial charge >= 0.3 is 5.97 Å². The predicted octanol–water partition coefficient (Wildman–Crippen LogP) is 2.52. The second kappa shape index (κ2) is 5.72. The third kappa shape index (κ3) is 2.85. The van der Waals surface area contributed by atoms with Crippen molar-refractivity contribution >= 4 is 11.9 Å². The number of carboxylic acid groups (broad SMARTS) is 1. The van der Waals surface area contributed by atoms with Gasteiger partial charge in [0.15, 0.2) is 0 Å². The molecule has 1 rings (SSSR count). The van der Waals surface area contributed by atoms with Crippen molar-refractivity contribution in [3.8, 4) is 0 Å². The van der Waals surface area contributed by atoms with Gasteiger partial charge in [0.05, 0.1) is 5.41 Å². The van der Waals surface area contributed by atoms with E-state index >= 15 is 0 Å². The number of carbonyl (C=O) groups is 2. The molecule has 0 radical (unpaired) electrons. The summed E-state index contributed by atoms with van der Waals surface area (Å²) in [6, 6.07) is 0.308. The molecule has 1 amide bonds. The summed E-state index contributed by atoms with van der Waals surface area (Å²) in [6.07, 6.45) is 3.15. The van der Waals surface area contributed by atoms with E-state index in [0.29, 0.717) is 6.04 Å². The molecule has 1 heterocycles. The first kappa shape index (κ1) is 15.0. The monoisotopic (exact) mass is 255 g/mol. The average molecular weight is 255 g/mol. The maximum absolute atomic E-state index is 12.3. The zero-order chi connectivity index (χ0) is 13.9. The fraction of sp³-hybridized carbons (Fsp3) is 0.857. The molecule has 4 heteroatoms. The van der Waals surface area contributed by atoms with Crippen LogP contribution in [0.2, 0.25) is 0 Å². The first-order chi connectivity index (χ1) is 8.32. The molecule has 0 aliphatic carbocycles. The second-order valence-electron chi connectivity index (χ2n) is 5.85. The molecule has 1 fully saturated rings. The molecular formula is C14H25NO3. The van der Waals surface area contributed by atoms with Gasteiger partial charge in [-0.2, -0.15) is 0 Å². The Kier molecular flexibility index (Phi) is 4.77. The summed E-state index contributed by atoms with van der Waals surface area (Å²) < 4.78 is 0. The molecule has 2 atom stereocenters. The summed E-state index contributed by atoms with van der Waals surface area (Å²) in [4.78, 5) is 25.6. The third-order valence-corrected chi connectivity index (χ3v) is 4.45. The van der Waals surface area contributed by atoms with Crippen molar-refractivity contribution in [3.05, 3.63) is 0 Å². The largest absolute Gasteiger partial charge is 0.481 e. The van der Waals surface area contributed by atoms with Crippen LogP contribution in [-0.4, -0.2) is 34.5 Å². The van der Waals surface area contributed by atoms with Gasteiger partial charge < -0.3 is 10.0 Å². The molecule has 1 N–H and O–H groups in total. The van der Waals surface area contributed by atoms with E-state index in [2.05, 4.69) is 6.92 Å². The fourth-order valence-electron chi connectivity index (χ4n) is 2.53. The van der Waals surface area contributed by atoms with Crippen molar-refractivity contribution in [3.63, 3.8) is 0 Å². The van der Waals surface area contributed by atoms with E-state index in [1.54, 1.807) is 6.92 Å². The SMILES string of the molecule is CCC1CCCN1C(=O)CC(C)(C(=O)O)C(C)C. The lowest BCUT2D eigenvalue weighted by Gasteiger charge is -2.32. The number of nitrogens with zero attached hydrogens (tertiary/aromatic N) is 1. The van der Waals surface area contributed by atoms with Gasteiger partial charge in [-0.1, -0.05) is 20.8 Å².